The van der Waals surface area contributed by atoms with Gasteiger partial charge < -0.3 is 0 Å². The standard InChI is InChI=1S/C17H17NO/c19-17(12-13-6-2-1-3-7-13)15-8-4-10-16-14(15)9-5-11-18-16/h4-6,8-11H,1-3,7,12H2. The van der Waals surface area contributed by atoms with Gasteiger partial charge in [0, 0.05) is 23.6 Å². The minimum Gasteiger partial charge on any atom is -0.294 e. The van der Waals surface area contributed by atoms with Gasteiger partial charge in [0.2, 0.25) is 0 Å². The Labute approximate surface area is 113 Å². The van der Waals surface area contributed by atoms with Crippen LogP contribution in [0.15, 0.2) is 48.2 Å². The van der Waals surface area contributed by atoms with E-state index >= 15 is 0 Å². The molecule has 1 heterocycles. The molecule has 96 valence electrons. The predicted molar refractivity (Wildman–Crippen MR) is 77.2 cm³/mol. The molecule has 2 nitrogen and oxygen atoms in total. The number of hydrogen-bond donors (Lipinski definition) is 0. The second-order valence-electron chi connectivity index (χ2n) is 5.08. The Morgan fingerprint density at radius 3 is 2.95 bits per heavy atom. The molecule has 0 aliphatic heterocycles. The van der Waals surface area contributed by atoms with E-state index in [0.717, 1.165) is 29.3 Å². The van der Waals surface area contributed by atoms with E-state index in [1.54, 1.807) is 6.20 Å². The van der Waals surface area contributed by atoms with Crippen molar-refractivity contribution in [3.63, 3.8) is 0 Å². The van der Waals surface area contributed by atoms with Crippen molar-refractivity contribution in [2.45, 2.75) is 32.1 Å². The fraction of sp³-hybridized carbons (Fsp3) is 0.294. The molecule has 0 bridgehead atoms. The number of carbonyl (C=O) groups excluding carboxylic acids is 1. The first-order valence-electron chi connectivity index (χ1n) is 6.89. The molecule has 3 rings (SSSR count). The molecule has 0 radical (unpaired) electrons. The zero-order chi connectivity index (χ0) is 13.1. The smallest absolute Gasteiger partial charge is 0.167 e. The summed E-state index contributed by atoms with van der Waals surface area (Å²) in [7, 11) is 0. The second-order valence-corrected chi connectivity index (χ2v) is 5.08. The number of benzene rings is 1. The highest BCUT2D eigenvalue weighted by molar-refractivity contribution is 6.08. The van der Waals surface area contributed by atoms with E-state index in [0.29, 0.717) is 6.42 Å². The van der Waals surface area contributed by atoms with Gasteiger partial charge in [0.15, 0.2) is 5.78 Å². The monoisotopic (exact) mass is 251 g/mol. The van der Waals surface area contributed by atoms with Crippen molar-refractivity contribution in [3.05, 3.63) is 53.7 Å². The molecule has 0 atom stereocenters. The molecule has 0 spiro atoms. The summed E-state index contributed by atoms with van der Waals surface area (Å²) in [6.07, 6.45) is 9.25. The zero-order valence-electron chi connectivity index (χ0n) is 10.9. The van der Waals surface area contributed by atoms with Crippen LogP contribution in [0.5, 0.6) is 0 Å². The average molecular weight is 251 g/mol. The third-order valence-corrected chi connectivity index (χ3v) is 3.72. The van der Waals surface area contributed by atoms with Gasteiger partial charge in [-0.3, -0.25) is 9.78 Å². The third-order valence-electron chi connectivity index (χ3n) is 3.72. The lowest BCUT2D eigenvalue weighted by Gasteiger charge is -2.12. The lowest BCUT2D eigenvalue weighted by molar-refractivity contribution is 0.0993. The van der Waals surface area contributed by atoms with Crippen LogP contribution in [0.2, 0.25) is 0 Å². The van der Waals surface area contributed by atoms with Crippen molar-refractivity contribution in [1.82, 2.24) is 4.98 Å². The van der Waals surface area contributed by atoms with E-state index < -0.39 is 0 Å². The van der Waals surface area contributed by atoms with Crippen LogP contribution in [0.25, 0.3) is 10.9 Å². The maximum Gasteiger partial charge on any atom is 0.167 e. The lowest BCUT2D eigenvalue weighted by atomic mass is 9.92. The molecule has 19 heavy (non-hydrogen) atoms. The quantitative estimate of drug-likeness (QED) is 0.601. The van der Waals surface area contributed by atoms with Gasteiger partial charge in [-0.05, 0) is 37.8 Å². The van der Waals surface area contributed by atoms with Gasteiger partial charge >= 0.3 is 0 Å². The summed E-state index contributed by atoms with van der Waals surface area (Å²) in [5.41, 5.74) is 3.00. The number of fused-ring (bicyclic) bond motifs is 1. The van der Waals surface area contributed by atoms with Crippen molar-refractivity contribution in [1.29, 1.82) is 0 Å². The van der Waals surface area contributed by atoms with Crippen LogP contribution in [-0.4, -0.2) is 10.8 Å². The van der Waals surface area contributed by atoms with Gasteiger partial charge in [-0.25, -0.2) is 0 Å². The van der Waals surface area contributed by atoms with Crippen molar-refractivity contribution < 1.29 is 4.79 Å². The minimum absolute atomic E-state index is 0.215. The Bertz CT molecular complexity index is 637. The van der Waals surface area contributed by atoms with E-state index in [4.69, 9.17) is 0 Å². The van der Waals surface area contributed by atoms with Crippen LogP contribution in [0.4, 0.5) is 0 Å². The summed E-state index contributed by atoms with van der Waals surface area (Å²) in [4.78, 5) is 16.8. The van der Waals surface area contributed by atoms with Gasteiger partial charge in [0.25, 0.3) is 0 Å². The molecular formula is C17H17NO. The number of nitrogens with zero attached hydrogens (tertiary/aromatic N) is 1. The van der Waals surface area contributed by atoms with Crippen molar-refractivity contribution in [2.24, 2.45) is 0 Å². The first kappa shape index (κ1) is 12.1. The number of carbonyl (C=O) groups is 1. The van der Waals surface area contributed by atoms with Crippen LogP contribution >= 0.6 is 0 Å². The summed E-state index contributed by atoms with van der Waals surface area (Å²) >= 11 is 0. The molecule has 1 aliphatic carbocycles. The Kier molecular flexibility index (Phi) is 3.41. The molecule has 2 heteroatoms. The largest absolute Gasteiger partial charge is 0.294 e. The predicted octanol–water partition coefficient (Wildman–Crippen LogP) is 4.31. The second kappa shape index (κ2) is 5.35. The highest BCUT2D eigenvalue weighted by Crippen LogP contribution is 2.24. The van der Waals surface area contributed by atoms with E-state index in [1.165, 1.54) is 18.4 Å². The molecule has 0 N–H and O–H groups in total. The molecule has 0 saturated heterocycles. The Balaban J connectivity index is 1.91. The summed E-state index contributed by atoms with van der Waals surface area (Å²) in [6.45, 7) is 0. The SMILES string of the molecule is O=C(CC1=CCCCC1)c1cccc2ncccc12. The molecule has 2 aromatic rings. The Morgan fingerprint density at radius 1 is 1.16 bits per heavy atom. The van der Waals surface area contributed by atoms with Crippen molar-refractivity contribution in [2.75, 3.05) is 0 Å². The average Bonchev–Trinajstić information content (AvgIpc) is 2.47. The number of aromatic nitrogens is 1. The maximum atomic E-state index is 12.5. The van der Waals surface area contributed by atoms with E-state index in [9.17, 15) is 4.79 Å². The summed E-state index contributed by atoms with van der Waals surface area (Å²) in [5.74, 6) is 0.215. The summed E-state index contributed by atoms with van der Waals surface area (Å²) < 4.78 is 0. The fourth-order valence-electron chi connectivity index (χ4n) is 2.71. The molecule has 0 amide bonds. The molecule has 1 aromatic heterocycles. The van der Waals surface area contributed by atoms with Gasteiger partial charge in [-0.15, -0.1) is 0 Å². The molecular weight excluding hydrogens is 234 g/mol. The van der Waals surface area contributed by atoms with Crippen LogP contribution < -0.4 is 0 Å². The van der Waals surface area contributed by atoms with E-state index in [2.05, 4.69) is 11.1 Å². The first-order valence-corrected chi connectivity index (χ1v) is 6.89. The Morgan fingerprint density at radius 2 is 2.11 bits per heavy atom. The maximum absolute atomic E-state index is 12.5. The van der Waals surface area contributed by atoms with Crippen LogP contribution in [-0.2, 0) is 0 Å². The van der Waals surface area contributed by atoms with Crippen LogP contribution in [0.3, 0.4) is 0 Å². The van der Waals surface area contributed by atoms with Gasteiger partial charge in [0.05, 0.1) is 5.52 Å². The number of allylic oxidation sites excluding steroid dienone is 2. The first-order chi connectivity index (χ1) is 9.34. The van der Waals surface area contributed by atoms with Crippen LogP contribution in [0.1, 0.15) is 42.5 Å². The number of rotatable bonds is 3. The van der Waals surface area contributed by atoms with Gasteiger partial charge in [-0.2, -0.15) is 0 Å². The number of ketones is 1. The third kappa shape index (κ3) is 2.58. The summed E-state index contributed by atoms with van der Waals surface area (Å²) in [6, 6.07) is 9.64. The highest BCUT2D eigenvalue weighted by Gasteiger charge is 2.13. The van der Waals surface area contributed by atoms with Crippen molar-refractivity contribution in [3.8, 4) is 0 Å². The minimum atomic E-state index is 0.215. The number of hydrogen-bond acceptors (Lipinski definition) is 2. The number of Topliss-reactive ketones (excluding diaryl/α,β-unsaturated/α-hetero) is 1. The lowest BCUT2D eigenvalue weighted by Crippen LogP contribution is -2.04. The molecule has 0 unspecified atom stereocenters. The summed E-state index contributed by atoms with van der Waals surface area (Å²) in [5, 5.41) is 0.964. The molecule has 0 fully saturated rings. The molecule has 1 aromatic carbocycles. The highest BCUT2D eigenvalue weighted by atomic mass is 16.1. The zero-order valence-corrected chi connectivity index (χ0v) is 10.9. The Hall–Kier alpha value is -1.96. The van der Waals surface area contributed by atoms with Crippen LogP contribution in [0, 0.1) is 0 Å². The molecule has 1 aliphatic rings. The number of pyridine rings is 1. The molecule has 0 saturated carbocycles. The van der Waals surface area contributed by atoms with Gasteiger partial charge in [0.1, 0.15) is 0 Å². The normalized spacial score (nSPS) is 15.3. The fourth-order valence-corrected chi connectivity index (χ4v) is 2.71. The van der Waals surface area contributed by atoms with Crippen molar-refractivity contribution >= 4 is 16.7 Å². The topological polar surface area (TPSA) is 30.0 Å². The van der Waals surface area contributed by atoms with Gasteiger partial charge in [-0.1, -0.05) is 29.8 Å². The van der Waals surface area contributed by atoms with E-state index in [1.807, 2.05) is 30.3 Å². The van der Waals surface area contributed by atoms with E-state index in [-0.39, 0.29) is 5.78 Å².